The first-order valence-corrected chi connectivity index (χ1v) is 9.49. The number of ether oxygens (including phenoxy) is 1. The number of para-hydroxylation sites is 1. The summed E-state index contributed by atoms with van der Waals surface area (Å²) in [7, 11) is 6.58. The summed E-state index contributed by atoms with van der Waals surface area (Å²) in [4.78, 5) is 7.39. The lowest BCUT2D eigenvalue weighted by atomic mass is 10.0. The minimum Gasteiger partial charge on any atom is -0.489 e. The smallest absolute Gasteiger partial charge is 0.124 e. The molecular formula is C21H35N3O. The van der Waals surface area contributed by atoms with E-state index in [-0.39, 0.29) is 0 Å². The van der Waals surface area contributed by atoms with Crippen LogP contribution in [0, 0.1) is 0 Å². The average molecular weight is 346 g/mol. The summed E-state index contributed by atoms with van der Waals surface area (Å²) in [6.45, 7) is 9.94. The van der Waals surface area contributed by atoms with Gasteiger partial charge in [-0.25, -0.2) is 0 Å². The molecule has 1 saturated heterocycles. The van der Waals surface area contributed by atoms with Crippen molar-refractivity contribution in [2.24, 2.45) is 0 Å². The van der Waals surface area contributed by atoms with E-state index in [4.69, 9.17) is 4.74 Å². The predicted molar refractivity (Wildman–Crippen MR) is 106 cm³/mol. The van der Waals surface area contributed by atoms with Crippen LogP contribution in [-0.2, 0) is 6.54 Å². The average Bonchev–Trinajstić information content (AvgIpc) is 2.61. The van der Waals surface area contributed by atoms with Crippen LogP contribution in [0.25, 0.3) is 0 Å². The molecule has 0 radical (unpaired) electrons. The van der Waals surface area contributed by atoms with Gasteiger partial charge < -0.3 is 14.5 Å². The number of nitrogens with zero attached hydrogens (tertiary/aromatic N) is 3. The van der Waals surface area contributed by atoms with Crippen LogP contribution in [-0.4, -0.2) is 74.7 Å². The largest absolute Gasteiger partial charge is 0.489 e. The zero-order valence-corrected chi connectivity index (χ0v) is 16.3. The first-order chi connectivity index (χ1) is 12.1. The molecule has 1 heterocycles. The lowest BCUT2D eigenvalue weighted by Crippen LogP contribution is -2.46. The van der Waals surface area contributed by atoms with Crippen LogP contribution in [0.1, 0.15) is 24.8 Å². The highest BCUT2D eigenvalue weighted by Gasteiger charge is 2.23. The van der Waals surface area contributed by atoms with Crippen molar-refractivity contribution in [2.75, 3.05) is 53.9 Å². The number of hydrogen-bond donors (Lipinski definition) is 0. The Balaban J connectivity index is 1.87. The maximum Gasteiger partial charge on any atom is 0.124 e. The minimum absolute atomic E-state index is 0.564. The molecule has 0 N–H and O–H groups in total. The Morgan fingerprint density at radius 1 is 1.24 bits per heavy atom. The number of benzene rings is 1. The number of rotatable bonds is 10. The maximum atomic E-state index is 5.82. The predicted octanol–water partition coefficient (Wildman–Crippen LogP) is 3.10. The van der Waals surface area contributed by atoms with E-state index in [9.17, 15) is 0 Å². The Morgan fingerprint density at radius 3 is 2.80 bits per heavy atom. The molecule has 1 aliphatic rings. The Hall–Kier alpha value is -1.36. The molecule has 0 aliphatic carbocycles. The van der Waals surface area contributed by atoms with Gasteiger partial charge in [-0.3, -0.25) is 4.90 Å². The molecule has 0 saturated carbocycles. The van der Waals surface area contributed by atoms with Gasteiger partial charge in [-0.1, -0.05) is 30.9 Å². The van der Waals surface area contributed by atoms with Crippen LogP contribution in [0.4, 0.5) is 0 Å². The summed E-state index contributed by atoms with van der Waals surface area (Å²) in [6.07, 6.45) is 5.62. The number of hydrogen-bond acceptors (Lipinski definition) is 4. The van der Waals surface area contributed by atoms with E-state index in [1.807, 2.05) is 6.07 Å². The molecule has 1 fully saturated rings. The van der Waals surface area contributed by atoms with Crippen molar-refractivity contribution in [1.82, 2.24) is 14.7 Å². The molecule has 2 rings (SSSR count). The Labute approximate surface area is 154 Å². The summed E-state index contributed by atoms with van der Waals surface area (Å²) >= 11 is 0. The van der Waals surface area contributed by atoms with E-state index in [2.05, 4.69) is 60.6 Å². The fourth-order valence-corrected chi connectivity index (χ4v) is 3.52. The monoisotopic (exact) mass is 345 g/mol. The molecule has 1 aliphatic heterocycles. The van der Waals surface area contributed by atoms with Crippen molar-refractivity contribution in [3.05, 3.63) is 42.5 Å². The summed E-state index contributed by atoms with van der Waals surface area (Å²) in [5.74, 6) is 0.990. The molecule has 1 atom stereocenters. The van der Waals surface area contributed by atoms with E-state index in [0.717, 1.165) is 25.4 Å². The highest BCUT2D eigenvalue weighted by Crippen LogP contribution is 2.23. The van der Waals surface area contributed by atoms with Gasteiger partial charge in [-0.2, -0.15) is 0 Å². The van der Waals surface area contributed by atoms with Crippen LogP contribution < -0.4 is 4.74 Å². The zero-order valence-electron chi connectivity index (χ0n) is 16.3. The summed E-state index contributed by atoms with van der Waals surface area (Å²) in [6, 6.07) is 9.05. The molecule has 140 valence electrons. The fourth-order valence-electron chi connectivity index (χ4n) is 3.52. The van der Waals surface area contributed by atoms with Gasteiger partial charge in [0.1, 0.15) is 12.4 Å². The second kappa shape index (κ2) is 10.6. The first-order valence-electron chi connectivity index (χ1n) is 9.49. The first kappa shape index (κ1) is 20.0. The molecule has 4 heteroatoms. The van der Waals surface area contributed by atoms with Gasteiger partial charge in [0.25, 0.3) is 0 Å². The normalized spacial score (nSPS) is 18.7. The van der Waals surface area contributed by atoms with E-state index >= 15 is 0 Å². The van der Waals surface area contributed by atoms with E-state index in [1.165, 1.54) is 37.9 Å². The lowest BCUT2D eigenvalue weighted by Gasteiger charge is -2.38. The Bertz CT molecular complexity index is 518. The van der Waals surface area contributed by atoms with Crippen molar-refractivity contribution in [2.45, 2.75) is 31.8 Å². The molecule has 4 nitrogen and oxygen atoms in total. The van der Waals surface area contributed by atoms with Gasteiger partial charge in [0.2, 0.25) is 0 Å². The van der Waals surface area contributed by atoms with Crippen LogP contribution in [0.15, 0.2) is 36.9 Å². The minimum atomic E-state index is 0.564. The zero-order chi connectivity index (χ0) is 18.1. The van der Waals surface area contributed by atoms with Crippen LogP contribution >= 0.6 is 0 Å². The highest BCUT2D eigenvalue weighted by atomic mass is 16.5. The van der Waals surface area contributed by atoms with E-state index in [0.29, 0.717) is 12.6 Å². The second-order valence-corrected chi connectivity index (χ2v) is 7.38. The van der Waals surface area contributed by atoms with Crippen LogP contribution in [0.3, 0.4) is 0 Å². The molecular weight excluding hydrogens is 310 g/mol. The van der Waals surface area contributed by atoms with Gasteiger partial charge in [0.15, 0.2) is 0 Å². The summed E-state index contributed by atoms with van der Waals surface area (Å²) < 4.78 is 5.82. The van der Waals surface area contributed by atoms with Gasteiger partial charge in [0.05, 0.1) is 0 Å². The maximum absolute atomic E-state index is 5.82. The second-order valence-electron chi connectivity index (χ2n) is 7.38. The molecule has 0 bridgehead atoms. The SMILES string of the molecule is C=CCOc1ccccc1CN1CCC[C@@H](N(C)CCCN(C)C)C1. The van der Waals surface area contributed by atoms with Crippen molar-refractivity contribution in [1.29, 1.82) is 0 Å². The van der Waals surface area contributed by atoms with E-state index in [1.54, 1.807) is 6.08 Å². The number of piperidine rings is 1. The van der Waals surface area contributed by atoms with Crippen LogP contribution in [0.5, 0.6) is 5.75 Å². The Kier molecular flexibility index (Phi) is 8.45. The number of likely N-dealkylation sites (N-methyl/N-ethyl adjacent to an activating group) is 1. The van der Waals surface area contributed by atoms with E-state index < -0.39 is 0 Å². The summed E-state index contributed by atoms with van der Waals surface area (Å²) in [5.41, 5.74) is 1.28. The van der Waals surface area contributed by atoms with Gasteiger partial charge in [0, 0.05) is 24.7 Å². The quantitative estimate of drug-likeness (QED) is 0.607. The topological polar surface area (TPSA) is 19.0 Å². The van der Waals surface area contributed by atoms with Gasteiger partial charge >= 0.3 is 0 Å². The summed E-state index contributed by atoms with van der Waals surface area (Å²) in [5, 5.41) is 0. The van der Waals surface area contributed by atoms with Crippen molar-refractivity contribution < 1.29 is 4.74 Å². The third kappa shape index (κ3) is 6.81. The molecule has 0 aromatic heterocycles. The molecule has 1 aromatic rings. The number of likely N-dealkylation sites (tertiary alicyclic amines) is 1. The van der Waals surface area contributed by atoms with Crippen LogP contribution in [0.2, 0.25) is 0 Å². The molecule has 1 aromatic carbocycles. The van der Waals surface area contributed by atoms with Crippen molar-refractivity contribution in [3.63, 3.8) is 0 Å². The van der Waals surface area contributed by atoms with Gasteiger partial charge in [-0.05, 0) is 66.1 Å². The third-order valence-electron chi connectivity index (χ3n) is 4.94. The third-order valence-corrected chi connectivity index (χ3v) is 4.94. The highest BCUT2D eigenvalue weighted by molar-refractivity contribution is 5.33. The molecule has 25 heavy (non-hydrogen) atoms. The molecule has 0 unspecified atom stereocenters. The van der Waals surface area contributed by atoms with Crippen molar-refractivity contribution >= 4 is 0 Å². The lowest BCUT2D eigenvalue weighted by molar-refractivity contribution is 0.108. The molecule has 0 spiro atoms. The van der Waals surface area contributed by atoms with Gasteiger partial charge in [-0.15, -0.1) is 0 Å². The van der Waals surface area contributed by atoms with Crippen molar-refractivity contribution in [3.8, 4) is 5.75 Å². The standard InChI is InChI=1S/C21H35N3O/c1-5-16-25-21-12-7-6-10-19(21)17-24-15-8-11-20(18-24)23(4)14-9-13-22(2)3/h5-7,10,12,20H,1,8-9,11,13-18H2,2-4H3/t20-/m1/s1. The Morgan fingerprint density at radius 2 is 2.04 bits per heavy atom. The fraction of sp³-hybridized carbons (Fsp3) is 0.619. The molecule has 0 amide bonds.